The molecule has 0 radical (unpaired) electrons. The fraction of sp³-hybridized carbons (Fsp3) is 0.647. The maximum absolute atomic E-state index is 13.6. The van der Waals surface area contributed by atoms with Gasteiger partial charge in [0.2, 0.25) is 0 Å². The minimum atomic E-state index is -0.309. The third-order valence-corrected chi connectivity index (χ3v) is 4.76. The van der Waals surface area contributed by atoms with Gasteiger partial charge in [-0.25, -0.2) is 4.39 Å². The lowest BCUT2D eigenvalue weighted by Crippen LogP contribution is -2.40. The summed E-state index contributed by atoms with van der Waals surface area (Å²) >= 11 is 5.76. The highest BCUT2D eigenvalue weighted by atomic mass is 35.5. The third kappa shape index (κ3) is 4.20. The Morgan fingerprint density at radius 2 is 2.20 bits per heavy atom. The third-order valence-electron chi connectivity index (χ3n) is 4.45. The lowest BCUT2D eigenvalue weighted by atomic mass is 9.77. The maximum atomic E-state index is 13.6. The first-order valence-corrected chi connectivity index (χ1v) is 8.15. The van der Waals surface area contributed by atoms with Crippen molar-refractivity contribution in [3.05, 3.63) is 34.6 Å². The molecule has 1 nitrogen and oxygen atoms in total. The molecule has 1 aliphatic rings. The van der Waals surface area contributed by atoms with Crippen molar-refractivity contribution >= 4 is 11.6 Å². The van der Waals surface area contributed by atoms with Crippen LogP contribution in [-0.2, 0) is 6.42 Å². The van der Waals surface area contributed by atoms with Gasteiger partial charge < -0.3 is 5.32 Å². The molecule has 0 aliphatic heterocycles. The second kappa shape index (κ2) is 7.42. The topological polar surface area (TPSA) is 12.0 Å². The first-order chi connectivity index (χ1) is 9.60. The van der Waals surface area contributed by atoms with Gasteiger partial charge in [0.05, 0.1) is 5.02 Å². The van der Waals surface area contributed by atoms with E-state index in [1.165, 1.54) is 25.7 Å². The molecule has 1 aromatic carbocycles. The highest BCUT2D eigenvalue weighted by Crippen LogP contribution is 2.32. The zero-order valence-electron chi connectivity index (χ0n) is 12.5. The number of halogens is 2. The van der Waals surface area contributed by atoms with Crippen LogP contribution >= 0.6 is 11.6 Å². The van der Waals surface area contributed by atoms with Crippen LogP contribution in [0.1, 0.15) is 45.1 Å². The van der Waals surface area contributed by atoms with Gasteiger partial charge in [-0.3, -0.25) is 0 Å². The minimum Gasteiger partial charge on any atom is -0.314 e. The van der Waals surface area contributed by atoms with Gasteiger partial charge in [-0.05, 0) is 55.3 Å². The predicted octanol–water partition coefficient (Wildman–Crippen LogP) is 4.83. The summed E-state index contributed by atoms with van der Waals surface area (Å²) in [5.41, 5.74) is 1.04. The largest absolute Gasteiger partial charge is 0.314 e. The van der Waals surface area contributed by atoms with E-state index in [1.807, 2.05) is 6.07 Å². The van der Waals surface area contributed by atoms with Gasteiger partial charge in [0.15, 0.2) is 0 Å². The number of benzene rings is 1. The van der Waals surface area contributed by atoms with E-state index in [4.69, 9.17) is 11.6 Å². The van der Waals surface area contributed by atoms with Gasteiger partial charge in [0, 0.05) is 6.04 Å². The molecule has 0 spiro atoms. The molecule has 1 aliphatic carbocycles. The monoisotopic (exact) mass is 297 g/mol. The van der Waals surface area contributed by atoms with E-state index in [2.05, 4.69) is 19.2 Å². The fourth-order valence-electron chi connectivity index (χ4n) is 3.43. The van der Waals surface area contributed by atoms with Crippen LogP contribution in [0.5, 0.6) is 0 Å². The van der Waals surface area contributed by atoms with Crippen molar-refractivity contribution in [1.82, 2.24) is 5.32 Å². The number of hydrogen-bond donors (Lipinski definition) is 1. The van der Waals surface area contributed by atoms with Crippen LogP contribution in [0.2, 0.25) is 5.02 Å². The molecule has 112 valence electrons. The smallest absolute Gasteiger partial charge is 0.142 e. The Labute approximate surface area is 126 Å². The van der Waals surface area contributed by atoms with Crippen LogP contribution in [0.15, 0.2) is 18.2 Å². The van der Waals surface area contributed by atoms with Crippen LogP contribution in [0.4, 0.5) is 4.39 Å². The molecule has 1 N–H and O–H groups in total. The normalized spacial score (nSPS) is 24.6. The summed E-state index contributed by atoms with van der Waals surface area (Å²) in [5.74, 6) is 1.21. The van der Waals surface area contributed by atoms with Gasteiger partial charge >= 0.3 is 0 Å². The van der Waals surface area contributed by atoms with Crippen molar-refractivity contribution in [3.8, 4) is 0 Å². The Morgan fingerprint density at radius 1 is 1.40 bits per heavy atom. The number of rotatable bonds is 5. The van der Waals surface area contributed by atoms with Gasteiger partial charge in [-0.15, -0.1) is 0 Å². The quantitative estimate of drug-likeness (QED) is 0.821. The average molecular weight is 298 g/mol. The van der Waals surface area contributed by atoms with Gasteiger partial charge in [-0.1, -0.05) is 44.4 Å². The molecule has 0 aromatic heterocycles. The van der Waals surface area contributed by atoms with Crippen molar-refractivity contribution in [2.24, 2.45) is 11.8 Å². The zero-order chi connectivity index (χ0) is 14.5. The van der Waals surface area contributed by atoms with Crippen LogP contribution < -0.4 is 5.32 Å². The van der Waals surface area contributed by atoms with Crippen molar-refractivity contribution < 1.29 is 4.39 Å². The SMILES string of the molecule is CCNC(Cc1ccc(Cl)c(F)c1)C1CCCC(C)C1. The summed E-state index contributed by atoms with van der Waals surface area (Å²) in [4.78, 5) is 0. The lowest BCUT2D eigenvalue weighted by Gasteiger charge is -2.34. The first kappa shape index (κ1) is 15.8. The standard InChI is InChI=1S/C17H25ClFN/c1-3-20-17(14-6-4-5-12(2)9-14)11-13-7-8-15(18)16(19)10-13/h7-8,10,12,14,17,20H,3-6,9,11H2,1-2H3. The molecule has 0 saturated heterocycles. The van der Waals surface area contributed by atoms with E-state index in [0.29, 0.717) is 12.0 Å². The summed E-state index contributed by atoms with van der Waals surface area (Å²) in [6.07, 6.45) is 6.14. The van der Waals surface area contributed by atoms with E-state index in [1.54, 1.807) is 12.1 Å². The first-order valence-electron chi connectivity index (χ1n) is 7.77. The predicted molar refractivity (Wildman–Crippen MR) is 83.7 cm³/mol. The summed E-state index contributed by atoms with van der Waals surface area (Å²) in [6.45, 7) is 5.45. The number of hydrogen-bond acceptors (Lipinski definition) is 1. The zero-order valence-corrected chi connectivity index (χ0v) is 13.2. The van der Waals surface area contributed by atoms with Gasteiger partial charge in [-0.2, -0.15) is 0 Å². The van der Waals surface area contributed by atoms with Crippen molar-refractivity contribution in [2.45, 2.75) is 52.0 Å². The molecule has 1 fully saturated rings. The minimum absolute atomic E-state index is 0.208. The number of likely N-dealkylation sites (N-methyl/N-ethyl adjacent to an activating group) is 1. The summed E-state index contributed by atoms with van der Waals surface area (Å²) in [6, 6.07) is 5.64. The molecular weight excluding hydrogens is 273 g/mol. The lowest BCUT2D eigenvalue weighted by molar-refractivity contribution is 0.222. The highest BCUT2D eigenvalue weighted by molar-refractivity contribution is 6.30. The Bertz CT molecular complexity index is 435. The Hall–Kier alpha value is -0.600. The summed E-state index contributed by atoms with van der Waals surface area (Å²) < 4.78 is 13.6. The van der Waals surface area contributed by atoms with E-state index < -0.39 is 0 Å². The second-order valence-electron chi connectivity index (χ2n) is 6.15. The average Bonchev–Trinajstić information content (AvgIpc) is 2.42. The number of nitrogens with one attached hydrogen (secondary N) is 1. The Kier molecular flexibility index (Phi) is 5.86. The van der Waals surface area contributed by atoms with Crippen LogP contribution in [0.25, 0.3) is 0 Å². The Morgan fingerprint density at radius 3 is 2.85 bits per heavy atom. The van der Waals surface area contributed by atoms with Crippen molar-refractivity contribution in [2.75, 3.05) is 6.54 Å². The molecule has 3 atom stereocenters. The summed E-state index contributed by atoms with van der Waals surface area (Å²) in [7, 11) is 0. The maximum Gasteiger partial charge on any atom is 0.142 e. The molecular formula is C17H25ClFN. The van der Waals surface area contributed by atoms with Crippen molar-refractivity contribution in [1.29, 1.82) is 0 Å². The summed E-state index contributed by atoms with van der Waals surface area (Å²) in [5, 5.41) is 3.81. The van der Waals surface area contributed by atoms with Gasteiger partial charge in [0.1, 0.15) is 5.82 Å². The van der Waals surface area contributed by atoms with Gasteiger partial charge in [0.25, 0.3) is 0 Å². The second-order valence-corrected chi connectivity index (χ2v) is 6.56. The molecule has 0 heterocycles. The van der Waals surface area contributed by atoms with Crippen LogP contribution in [0.3, 0.4) is 0 Å². The van der Waals surface area contributed by atoms with E-state index in [0.717, 1.165) is 24.4 Å². The molecule has 0 amide bonds. The molecule has 3 heteroatoms. The Balaban J connectivity index is 2.06. The van der Waals surface area contributed by atoms with Crippen LogP contribution in [-0.4, -0.2) is 12.6 Å². The highest BCUT2D eigenvalue weighted by Gasteiger charge is 2.26. The van der Waals surface area contributed by atoms with Crippen molar-refractivity contribution in [3.63, 3.8) is 0 Å². The molecule has 3 unspecified atom stereocenters. The molecule has 0 bridgehead atoms. The van der Waals surface area contributed by atoms with E-state index >= 15 is 0 Å². The van der Waals surface area contributed by atoms with Crippen LogP contribution in [0, 0.1) is 17.7 Å². The van der Waals surface area contributed by atoms with E-state index in [-0.39, 0.29) is 10.8 Å². The molecule has 2 rings (SSSR count). The van der Waals surface area contributed by atoms with E-state index in [9.17, 15) is 4.39 Å². The molecule has 1 saturated carbocycles. The molecule has 1 aromatic rings. The fourth-order valence-corrected chi connectivity index (χ4v) is 3.55. The molecule has 20 heavy (non-hydrogen) atoms.